The van der Waals surface area contributed by atoms with Gasteiger partial charge in [-0.2, -0.15) is 0 Å². The van der Waals surface area contributed by atoms with Crippen molar-refractivity contribution in [2.24, 2.45) is 5.73 Å². The van der Waals surface area contributed by atoms with Gasteiger partial charge in [0.2, 0.25) is 0 Å². The molecule has 0 heterocycles. The van der Waals surface area contributed by atoms with E-state index in [1.54, 1.807) is 6.92 Å². The van der Waals surface area contributed by atoms with E-state index in [9.17, 15) is 14.3 Å². The number of carbonyl (C=O) groups is 1. The molecule has 4 N–H and O–H groups in total. The number of aromatic carboxylic acids is 1. The highest BCUT2D eigenvalue weighted by Gasteiger charge is 2.20. The second-order valence-corrected chi connectivity index (χ2v) is 2.95. The zero-order valence-electron chi connectivity index (χ0n) is 7.49. The zero-order chi connectivity index (χ0) is 10.9. The Hall–Kier alpha value is -1.62. The largest absolute Gasteiger partial charge is 0.507 e. The number of aromatic hydroxyl groups is 1. The summed E-state index contributed by atoms with van der Waals surface area (Å²) in [6.07, 6.45) is 0. The van der Waals surface area contributed by atoms with Gasteiger partial charge in [0.05, 0.1) is 0 Å². The molecular formula is C9H10FNO3. The third kappa shape index (κ3) is 1.67. The molecule has 76 valence electrons. The summed E-state index contributed by atoms with van der Waals surface area (Å²) >= 11 is 0. The monoisotopic (exact) mass is 199 g/mol. The maximum absolute atomic E-state index is 13.0. The number of hydrogen-bond acceptors (Lipinski definition) is 3. The molecule has 4 nitrogen and oxygen atoms in total. The quantitative estimate of drug-likeness (QED) is 0.669. The van der Waals surface area contributed by atoms with Gasteiger partial charge in [0, 0.05) is 11.6 Å². The lowest BCUT2D eigenvalue weighted by Crippen LogP contribution is -2.09. The first kappa shape index (κ1) is 10.5. The van der Waals surface area contributed by atoms with Gasteiger partial charge in [-0.25, -0.2) is 9.18 Å². The minimum atomic E-state index is -1.51. The second kappa shape index (κ2) is 3.63. The molecule has 0 bridgehead atoms. The number of halogens is 1. The Labute approximate surface area is 79.8 Å². The lowest BCUT2D eigenvalue weighted by Gasteiger charge is -2.10. The van der Waals surface area contributed by atoms with Gasteiger partial charge in [-0.15, -0.1) is 0 Å². The van der Waals surface area contributed by atoms with Gasteiger partial charge in [0.15, 0.2) is 0 Å². The van der Waals surface area contributed by atoms with Crippen LogP contribution in [0.2, 0.25) is 0 Å². The lowest BCUT2D eigenvalue weighted by molar-refractivity contribution is 0.0688. The van der Waals surface area contributed by atoms with Crippen LogP contribution in [0.15, 0.2) is 12.1 Å². The molecule has 5 heteroatoms. The summed E-state index contributed by atoms with van der Waals surface area (Å²) in [5.74, 6) is -3.09. The fourth-order valence-corrected chi connectivity index (χ4v) is 1.15. The van der Waals surface area contributed by atoms with E-state index in [0.29, 0.717) is 0 Å². The normalized spacial score (nSPS) is 12.5. The fraction of sp³-hybridized carbons (Fsp3) is 0.222. The Kier molecular flexibility index (Phi) is 2.71. The molecule has 0 radical (unpaired) electrons. The molecule has 1 rings (SSSR count). The summed E-state index contributed by atoms with van der Waals surface area (Å²) in [4.78, 5) is 10.6. The standard InChI is InChI=1S/C9H10FNO3/c1-4(11)5-2-3-6(10)7(8(5)12)9(13)14/h2-4,12H,11H2,1H3,(H,13,14)/t4-/m1/s1. The number of hydrogen-bond donors (Lipinski definition) is 3. The van der Waals surface area contributed by atoms with Crippen LogP contribution in [0.3, 0.4) is 0 Å². The van der Waals surface area contributed by atoms with Crippen LogP contribution in [0.4, 0.5) is 4.39 Å². The smallest absolute Gasteiger partial charge is 0.342 e. The highest BCUT2D eigenvalue weighted by atomic mass is 19.1. The molecular weight excluding hydrogens is 189 g/mol. The van der Waals surface area contributed by atoms with Crippen molar-refractivity contribution in [2.75, 3.05) is 0 Å². The maximum atomic E-state index is 13.0. The summed E-state index contributed by atoms with van der Waals surface area (Å²) < 4.78 is 13.0. The highest BCUT2D eigenvalue weighted by Crippen LogP contribution is 2.28. The van der Waals surface area contributed by atoms with Crippen molar-refractivity contribution in [3.63, 3.8) is 0 Å². The topological polar surface area (TPSA) is 83.6 Å². The van der Waals surface area contributed by atoms with E-state index in [4.69, 9.17) is 10.8 Å². The van der Waals surface area contributed by atoms with Crippen LogP contribution in [0.5, 0.6) is 5.75 Å². The SMILES string of the molecule is C[C@@H](N)c1ccc(F)c(C(=O)O)c1O. The third-order valence-corrected chi connectivity index (χ3v) is 1.86. The van der Waals surface area contributed by atoms with E-state index in [1.807, 2.05) is 0 Å². The minimum absolute atomic E-state index is 0.212. The number of carboxylic acid groups (broad SMARTS) is 1. The molecule has 14 heavy (non-hydrogen) atoms. The molecule has 1 atom stereocenters. The van der Waals surface area contributed by atoms with E-state index >= 15 is 0 Å². The molecule has 0 aliphatic heterocycles. The molecule has 0 saturated carbocycles. The van der Waals surface area contributed by atoms with E-state index < -0.39 is 29.1 Å². The number of phenols is 1. The van der Waals surface area contributed by atoms with E-state index in [2.05, 4.69) is 0 Å². The highest BCUT2D eigenvalue weighted by molar-refractivity contribution is 5.91. The molecule has 0 spiro atoms. The Balaban J connectivity index is 3.41. The van der Waals surface area contributed by atoms with Gasteiger partial charge >= 0.3 is 5.97 Å². The van der Waals surface area contributed by atoms with Crippen LogP contribution >= 0.6 is 0 Å². The third-order valence-electron chi connectivity index (χ3n) is 1.86. The summed E-state index contributed by atoms with van der Waals surface area (Å²) in [6, 6.07) is 1.69. The summed E-state index contributed by atoms with van der Waals surface area (Å²) in [5, 5.41) is 18.0. The van der Waals surface area contributed by atoms with Crippen molar-refractivity contribution in [3.8, 4) is 5.75 Å². The number of carboxylic acids is 1. The summed E-state index contributed by atoms with van der Waals surface area (Å²) in [6.45, 7) is 1.57. The predicted molar refractivity (Wildman–Crippen MR) is 47.6 cm³/mol. The number of rotatable bonds is 2. The summed E-state index contributed by atoms with van der Waals surface area (Å²) in [7, 11) is 0. The first-order valence-corrected chi connectivity index (χ1v) is 3.95. The van der Waals surface area contributed by atoms with Crippen molar-refractivity contribution in [1.29, 1.82) is 0 Å². The number of nitrogens with two attached hydrogens (primary N) is 1. The average Bonchev–Trinajstić information content (AvgIpc) is 2.02. The average molecular weight is 199 g/mol. The van der Waals surface area contributed by atoms with Crippen molar-refractivity contribution < 1.29 is 19.4 Å². The second-order valence-electron chi connectivity index (χ2n) is 2.95. The number of benzene rings is 1. The fourth-order valence-electron chi connectivity index (χ4n) is 1.15. The van der Waals surface area contributed by atoms with Crippen LogP contribution in [0.1, 0.15) is 28.9 Å². The zero-order valence-corrected chi connectivity index (χ0v) is 7.49. The molecule has 1 aromatic rings. The van der Waals surface area contributed by atoms with Crippen LogP contribution in [0.25, 0.3) is 0 Å². The Bertz CT molecular complexity index is 377. The van der Waals surface area contributed by atoms with Gasteiger partial charge in [-0.3, -0.25) is 0 Å². The van der Waals surface area contributed by atoms with Crippen molar-refractivity contribution in [2.45, 2.75) is 13.0 Å². The van der Waals surface area contributed by atoms with Crippen molar-refractivity contribution in [3.05, 3.63) is 29.1 Å². The maximum Gasteiger partial charge on any atom is 0.342 e. The predicted octanol–water partition coefficient (Wildman–Crippen LogP) is 1.25. The lowest BCUT2D eigenvalue weighted by atomic mass is 10.0. The van der Waals surface area contributed by atoms with Crippen LogP contribution in [0, 0.1) is 5.82 Å². The molecule has 0 unspecified atom stereocenters. The van der Waals surface area contributed by atoms with Gasteiger partial charge in [0.25, 0.3) is 0 Å². The molecule has 0 fully saturated rings. The molecule has 0 aliphatic rings. The molecule has 0 aromatic heterocycles. The first-order valence-electron chi connectivity index (χ1n) is 3.95. The molecule has 0 saturated heterocycles. The molecule has 0 aliphatic carbocycles. The Morgan fingerprint density at radius 2 is 2.14 bits per heavy atom. The van der Waals surface area contributed by atoms with Crippen LogP contribution in [-0.2, 0) is 0 Å². The van der Waals surface area contributed by atoms with Crippen LogP contribution < -0.4 is 5.73 Å². The van der Waals surface area contributed by atoms with Gasteiger partial charge in [-0.05, 0) is 13.0 Å². The minimum Gasteiger partial charge on any atom is -0.507 e. The van der Waals surface area contributed by atoms with Gasteiger partial charge < -0.3 is 15.9 Å². The van der Waals surface area contributed by atoms with E-state index in [1.165, 1.54) is 6.07 Å². The van der Waals surface area contributed by atoms with Gasteiger partial charge in [-0.1, -0.05) is 6.07 Å². The Morgan fingerprint density at radius 3 is 2.57 bits per heavy atom. The van der Waals surface area contributed by atoms with Crippen molar-refractivity contribution >= 4 is 5.97 Å². The van der Waals surface area contributed by atoms with E-state index in [0.717, 1.165) is 6.07 Å². The van der Waals surface area contributed by atoms with Gasteiger partial charge in [0.1, 0.15) is 17.1 Å². The van der Waals surface area contributed by atoms with E-state index in [-0.39, 0.29) is 5.56 Å². The molecule has 1 aromatic carbocycles. The Morgan fingerprint density at radius 1 is 1.57 bits per heavy atom. The first-order chi connectivity index (χ1) is 6.45. The van der Waals surface area contributed by atoms with Crippen LogP contribution in [-0.4, -0.2) is 16.2 Å². The molecule has 0 amide bonds. The van der Waals surface area contributed by atoms with Crippen molar-refractivity contribution in [1.82, 2.24) is 0 Å². The summed E-state index contributed by atoms with van der Waals surface area (Å²) in [5.41, 5.74) is 4.93.